The third kappa shape index (κ3) is 5.57. The lowest BCUT2D eigenvalue weighted by molar-refractivity contribution is -0.139. The van der Waals surface area contributed by atoms with Crippen molar-refractivity contribution in [2.24, 2.45) is 5.73 Å². The van der Waals surface area contributed by atoms with Gasteiger partial charge in [-0.2, -0.15) is 0 Å². The molecule has 0 aliphatic heterocycles. The lowest BCUT2D eigenvalue weighted by atomic mass is 10.0. The first kappa shape index (κ1) is 20.0. The zero-order valence-corrected chi connectivity index (χ0v) is 15.2. The Morgan fingerprint density at radius 1 is 1.11 bits per heavy atom. The van der Waals surface area contributed by atoms with Gasteiger partial charge in [-0.1, -0.05) is 30.3 Å². The summed E-state index contributed by atoms with van der Waals surface area (Å²) in [6.07, 6.45) is 0.291. The second kappa shape index (κ2) is 8.84. The number of amides is 2. The SMILES string of the molecule is Cc1cc(C(=O)NC(Cc2ccccc2)C(N)=O)cc(C)c1OCC(=O)O. The van der Waals surface area contributed by atoms with Gasteiger partial charge in [0.2, 0.25) is 5.91 Å². The van der Waals surface area contributed by atoms with Crippen LogP contribution in [0.3, 0.4) is 0 Å². The second-order valence-electron chi connectivity index (χ2n) is 6.24. The summed E-state index contributed by atoms with van der Waals surface area (Å²) in [6, 6.07) is 11.6. The standard InChI is InChI=1S/C20H22N2O5/c1-12-8-15(9-13(2)18(12)27-11-17(23)24)20(26)22-16(19(21)25)10-14-6-4-3-5-7-14/h3-9,16H,10-11H2,1-2H3,(H2,21,25)(H,22,26)(H,23,24). The summed E-state index contributed by atoms with van der Waals surface area (Å²) in [5.74, 6) is -1.72. The van der Waals surface area contributed by atoms with Crippen LogP contribution in [0.2, 0.25) is 0 Å². The zero-order chi connectivity index (χ0) is 20.0. The highest BCUT2D eigenvalue weighted by Gasteiger charge is 2.20. The van der Waals surface area contributed by atoms with E-state index in [1.807, 2.05) is 30.3 Å². The second-order valence-corrected chi connectivity index (χ2v) is 6.24. The molecule has 2 aromatic carbocycles. The van der Waals surface area contributed by atoms with Crippen molar-refractivity contribution < 1.29 is 24.2 Å². The first-order valence-electron chi connectivity index (χ1n) is 8.38. The maximum absolute atomic E-state index is 12.6. The van der Waals surface area contributed by atoms with Gasteiger partial charge in [-0.05, 0) is 42.7 Å². The summed E-state index contributed by atoms with van der Waals surface area (Å²) in [4.78, 5) is 35.0. The molecule has 0 aromatic heterocycles. The lowest BCUT2D eigenvalue weighted by Gasteiger charge is -2.17. The van der Waals surface area contributed by atoms with Crippen LogP contribution in [0.1, 0.15) is 27.0 Å². The third-order valence-corrected chi connectivity index (χ3v) is 3.99. The molecule has 1 unspecified atom stereocenters. The molecular weight excluding hydrogens is 348 g/mol. The minimum Gasteiger partial charge on any atom is -0.481 e. The average molecular weight is 370 g/mol. The van der Waals surface area contributed by atoms with Crippen LogP contribution in [0.25, 0.3) is 0 Å². The van der Waals surface area contributed by atoms with Crippen molar-refractivity contribution >= 4 is 17.8 Å². The van der Waals surface area contributed by atoms with Gasteiger partial charge in [0.15, 0.2) is 6.61 Å². The highest BCUT2D eigenvalue weighted by atomic mass is 16.5. The van der Waals surface area contributed by atoms with Gasteiger partial charge < -0.3 is 20.9 Å². The van der Waals surface area contributed by atoms with Crippen LogP contribution in [0.5, 0.6) is 5.75 Å². The van der Waals surface area contributed by atoms with Gasteiger partial charge in [-0.3, -0.25) is 9.59 Å². The molecule has 0 heterocycles. The number of nitrogens with one attached hydrogen (secondary N) is 1. The number of hydrogen-bond donors (Lipinski definition) is 3. The Bertz CT molecular complexity index is 826. The summed E-state index contributed by atoms with van der Waals surface area (Å²) in [5, 5.41) is 11.4. The van der Waals surface area contributed by atoms with Gasteiger partial charge in [-0.15, -0.1) is 0 Å². The Morgan fingerprint density at radius 3 is 2.22 bits per heavy atom. The van der Waals surface area contributed by atoms with Crippen LogP contribution in [0.4, 0.5) is 0 Å². The fourth-order valence-corrected chi connectivity index (χ4v) is 2.76. The fourth-order valence-electron chi connectivity index (χ4n) is 2.76. The van der Waals surface area contributed by atoms with E-state index in [1.54, 1.807) is 26.0 Å². The number of rotatable bonds is 8. The highest BCUT2D eigenvalue weighted by molar-refractivity contribution is 5.98. The Labute approximate surface area is 157 Å². The molecular formula is C20H22N2O5. The summed E-state index contributed by atoms with van der Waals surface area (Å²) < 4.78 is 5.26. The van der Waals surface area contributed by atoms with Crippen molar-refractivity contribution in [2.75, 3.05) is 6.61 Å². The van der Waals surface area contributed by atoms with Gasteiger partial charge in [0.05, 0.1) is 0 Å². The number of aryl methyl sites for hydroxylation is 2. The molecule has 0 bridgehead atoms. The number of carboxylic acid groups (broad SMARTS) is 1. The van der Waals surface area contributed by atoms with E-state index in [4.69, 9.17) is 15.6 Å². The van der Waals surface area contributed by atoms with Crippen molar-refractivity contribution in [3.63, 3.8) is 0 Å². The van der Waals surface area contributed by atoms with Crippen molar-refractivity contribution in [1.82, 2.24) is 5.32 Å². The van der Waals surface area contributed by atoms with E-state index in [9.17, 15) is 14.4 Å². The predicted molar refractivity (Wildman–Crippen MR) is 99.6 cm³/mol. The number of benzene rings is 2. The van der Waals surface area contributed by atoms with Crippen LogP contribution in [-0.4, -0.2) is 35.5 Å². The molecule has 7 nitrogen and oxygen atoms in total. The van der Waals surface area contributed by atoms with Crippen molar-refractivity contribution in [2.45, 2.75) is 26.3 Å². The summed E-state index contributed by atoms with van der Waals surface area (Å²) in [7, 11) is 0. The molecule has 0 radical (unpaired) electrons. The van der Waals surface area contributed by atoms with Gasteiger partial charge in [0.1, 0.15) is 11.8 Å². The van der Waals surface area contributed by atoms with Crippen LogP contribution in [0, 0.1) is 13.8 Å². The molecule has 4 N–H and O–H groups in total. The molecule has 142 valence electrons. The molecule has 7 heteroatoms. The molecule has 0 saturated heterocycles. The molecule has 2 amide bonds. The molecule has 2 aromatic rings. The zero-order valence-electron chi connectivity index (χ0n) is 15.2. The molecule has 2 rings (SSSR count). The largest absolute Gasteiger partial charge is 0.481 e. The fraction of sp³-hybridized carbons (Fsp3) is 0.250. The number of ether oxygens (including phenoxy) is 1. The topological polar surface area (TPSA) is 119 Å². The van der Waals surface area contributed by atoms with E-state index >= 15 is 0 Å². The van der Waals surface area contributed by atoms with E-state index in [1.165, 1.54) is 0 Å². The van der Waals surface area contributed by atoms with Gasteiger partial charge >= 0.3 is 5.97 Å². The first-order valence-corrected chi connectivity index (χ1v) is 8.38. The number of carbonyl (C=O) groups excluding carboxylic acids is 2. The third-order valence-electron chi connectivity index (χ3n) is 3.99. The quantitative estimate of drug-likeness (QED) is 0.652. The number of hydrogen-bond acceptors (Lipinski definition) is 4. The number of primary amides is 1. The van der Waals surface area contributed by atoms with E-state index in [0.29, 0.717) is 28.9 Å². The van der Waals surface area contributed by atoms with E-state index in [2.05, 4.69) is 5.32 Å². The van der Waals surface area contributed by atoms with E-state index in [0.717, 1.165) is 5.56 Å². The van der Waals surface area contributed by atoms with Crippen LogP contribution >= 0.6 is 0 Å². The normalized spacial score (nSPS) is 11.5. The van der Waals surface area contributed by atoms with Gasteiger partial charge in [0, 0.05) is 12.0 Å². The molecule has 0 spiro atoms. The maximum Gasteiger partial charge on any atom is 0.341 e. The molecule has 27 heavy (non-hydrogen) atoms. The smallest absolute Gasteiger partial charge is 0.341 e. The number of aliphatic carboxylic acids is 1. The molecule has 0 fully saturated rings. The monoisotopic (exact) mass is 370 g/mol. The summed E-state index contributed by atoms with van der Waals surface area (Å²) in [5.41, 5.74) is 7.90. The average Bonchev–Trinajstić information content (AvgIpc) is 2.60. The van der Waals surface area contributed by atoms with Crippen molar-refractivity contribution in [3.8, 4) is 5.75 Å². The lowest BCUT2D eigenvalue weighted by Crippen LogP contribution is -2.45. The number of carbonyl (C=O) groups is 3. The number of nitrogens with two attached hydrogens (primary N) is 1. The van der Waals surface area contributed by atoms with Crippen LogP contribution < -0.4 is 15.8 Å². The van der Waals surface area contributed by atoms with Crippen LogP contribution in [0.15, 0.2) is 42.5 Å². The predicted octanol–water partition coefficient (Wildman–Crippen LogP) is 1.59. The molecule has 1 atom stereocenters. The highest BCUT2D eigenvalue weighted by Crippen LogP contribution is 2.25. The maximum atomic E-state index is 12.6. The van der Waals surface area contributed by atoms with Crippen molar-refractivity contribution in [1.29, 1.82) is 0 Å². The van der Waals surface area contributed by atoms with Crippen molar-refractivity contribution in [3.05, 3.63) is 64.7 Å². The molecule has 0 aliphatic rings. The number of carboxylic acids is 1. The Morgan fingerprint density at radius 2 is 1.70 bits per heavy atom. The minimum atomic E-state index is -1.08. The van der Waals surface area contributed by atoms with E-state index < -0.39 is 30.4 Å². The minimum absolute atomic E-state index is 0.291. The summed E-state index contributed by atoms with van der Waals surface area (Å²) >= 11 is 0. The Hall–Kier alpha value is -3.35. The first-order chi connectivity index (χ1) is 12.8. The Kier molecular flexibility index (Phi) is 6.54. The molecule has 0 saturated carbocycles. The van der Waals surface area contributed by atoms with Crippen LogP contribution in [-0.2, 0) is 16.0 Å². The molecule has 0 aliphatic carbocycles. The summed E-state index contributed by atoms with van der Waals surface area (Å²) in [6.45, 7) is 2.97. The van der Waals surface area contributed by atoms with E-state index in [-0.39, 0.29) is 0 Å². The van der Waals surface area contributed by atoms with Gasteiger partial charge in [-0.25, -0.2) is 4.79 Å². The Balaban J connectivity index is 2.15. The van der Waals surface area contributed by atoms with Gasteiger partial charge in [0.25, 0.3) is 5.91 Å².